The molecule has 1 fully saturated rings. The van der Waals surface area contributed by atoms with Crippen molar-refractivity contribution in [2.75, 3.05) is 18.1 Å². The Morgan fingerprint density at radius 3 is 2.76 bits per heavy atom. The van der Waals surface area contributed by atoms with Crippen LogP contribution in [0.4, 0.5) is 4.79 Å². The molecule has 1 saturated heterocycles. The SMILES string of the molecule is O=C(O)CN(C(=O)NCc1nn[nH]n1)C1CCS(=O)(=O)C1. The summed E-state index contributed by atoms with van der Waals surface area (Å²) in [6.45, 7) is -0.608. The van der Waals surface area contributed by atoms with Crippen LogP contribution >= 0.6 is 0 Å². The van der Waals surface area contributed by atoms with Gasteiger partial charge in [0.05, 0.1) is 18.1 Å². The number of rotatable bonds is 5. The number of H-pyrrole nitrogens is 1. The lowest BCUT2D eigenvalue weighted by Crippen LogP contribution is -2.48. The van der Waals surface area contributed by atoms with Gasteiger partial charge in [-0.05, 0) is 6.42 Å². The summed E-state index contributed by atoms with van der Waals surface area (Å²) in [6, 6.07) is -1.32. The van der Waals surface area contributed by atoms with Gasteiger partial charge in [-0.15, -0.1) is 10.2 Å². The van der Waals surface area contributed by atoms with Gasteiger partial charge in [-0.3, -0.25) is 4.79 Å². The molecule has 21 heavy (non-hydrogen) atoms. The van der Waals surface area contributed by atoms with Crippen LogP contribution in [0, 0.1) is 0 Å². The molecular formula is C9H14N6O5S. The van der Waals surface area contributed by atoms with Gasteiger partial charge in [0.1, 0.15) is 6.54 Å². The third-order valence-corrected chi connectivity index (χ3v) is 4.75. The zero-order chi connectivity index (χ0) is 15.5. The molecule has 0 saturated carbocycles. The van der Waals surface area contributed by atoms with E-state index >= 15 is 0 Å². The van der Waals surface area contributed by atoms with Crippen molar-refractivity contribution in [2.45, 2.75) is 19.0 Å². The predicted molar refractivity (Wildman–Crippen MR) is 67.8 cm³/mol. The topological polar surface area (TPSA) is 158 Å². The largest absolute Gasteiger partial charge is 0.480 e. The van der Waals surface area contributed by atoms with Crippen LogP contribution in [0.1, 0.15) is 12.2 Å². The standard InChI is InChI=1S/C9H14N6O5S/c16-8(17)4-15(6-1-2-21(19,20)5-6)9(18)10-3-7-11-13-14-12-7/h6H,1-5H2,(H,10,18)(H,16,17)(H,11,12,13,14). The summed E-state index contributed by atoms with van der Waals surface area (Å²) in [5.74, 6) is -1.26. The van der Waals surface area contributed by atoms with E-state index in [0.717, 1.165) is 4.90 Å². The fourth-order valence-corrected chi connectivity index (χ4v) is 3.78. The van der Waals surface area contributed by atoms with E-state index in [1.807, 2.05) is 0 Å². The third kappa shape index (κ3) is 4.11. The number of aromatic nitrogens is 4. The number of hydrogen-bond donors (Lipinski definition) is 3. The summed E-state index contributed by atoms with van der Waals surface area (Å²) >= 11 is 0. The smallest absolute Gasteiger partial charge is 0.323 e. The van der Waals surface area contributed by atoms with Gasteiger partial charge in [0.25, 0.3) is 0 Å². The van der Waals surface area contributed by atoms with Gasteiger partial charge in [-0.2, -0.15) is 5.21 Å². The summed E-state index contributed by atoms with van der Waals surface area (Å²) in [6.07, 6.45) is 0.227. The number of amides is 2. The summed E-state index contributed by atoms with van der Waals surface area (Å²) in [5, 5.41) is 24.1. The van der Waals surface area contributed by atoms with Crippen LogP contribution in [-0.4, -0.2) is 75.1 Å². The fourth-order valence-electron chi connectivity index (χ4n) is 2.05. The monoisotopic (exact) mass is 318 g/mol. The number of carbonyl (C=O) groups excluding carboxylic acids is 1. The Bertz CT molecular complexity index is 615. The number of aliphatic carboxylic acids is 1. The van der Waals surface area contributed by atoms with E-state index in [1.165, 1.54) is 0 Å². The first-order valence-corrected chi connectivity index (χ1v) is 7.88. The number of hydrogen-bond acceptors (Lipinski definition) is 7. The molecule has 1 aliphatic rings. The molecule has 2 rings (SSSR count). The highest BCUT2D eigenvalue weighted by molar-refractivity contribution is 7.91. The summed E-state index contributed by atoms with van der Waals surface area (Å²) in [7, 11) is -3.22. The summed E-state index contributed by atoms with van der Waals surface area (Å²) < 4.78 is 22.9. The Morgan fingerprint density at radius 1 is 1.48 bits per heavy atom. The van der Waals surface area contributed by atoms with Crippen molar-refractivity contribution in [3.05, 3.63) is 5.82 Å². The maximum absolute atomic E-state index is 12.0. The lowest BCUT2D eigenvalue weighted by molar-refractivity contribution is -0.138. The maximum Gasteiger partial charge on any atom is 0.323 e. The molecule has 0 aromatic carbocycles. The quantitative estimate of drug-likeness (QED) is 0.561. The highest BCUT2D eigenvalue weighted by Crippen LogP contribution is 2.17. The number of urea groups is 1. The molecule has 12 heteroatoms. The van der Waals surface area contributed by atoms with Crippen LogP contribution in [0.2, 0.25) is 0 Å². The summed E-state index contributed by atoms with van der Waals surface area (Å²) in [5.41, 5.74) is 0. The number of sulfone groups is 1. The number of carboxylic acids is 1. The van der Waals surface area contributed by atoms with Gasteiger partial charge >= 0.3 is 12.0 Å². The second-order valence-electron chi connectivity index (χ2n) is 4.57. The van der Waals surface area contributed by atoms with Crippen molar-refractivity contribution in [2.24, 2.45) is 0 Å². The molecule has 0 radical (unpaired) electrons. The molecule has 116 valence electrons. The molecule has 3 N–H and O–H groups in total. The first-order valence-electron chi connectivity index (χ1n) is 6.06. The molecule has 1 atom stereocenters. The van der Waals surface area contributed by atoms with Gasteiger partial charge < -0.3 is 15.3 Å². The predicted octanol–water partition coefficient (Wildman–Crippen LogP) is -2.02. The minimum absolute atomic E-state index is 0.0368. The second-order valence-corrected chi connectivity index (χ2v) is 6.79. The van der Waals surface area contributed by atoms with Crippen LogP contribution in [0.5, 0.6) is 0 Å². The third-order valence-electron chi connectivity index (χ3n) is 3.00. The molecule has 0 aliphatic carbocycles. The van der Waals surface area contributed by atoms with E-state index in [2.05, 4.69) is 25.9 Å². The van der Waals surface area contributed by atoms with Crippen molar-refractivity contribution < 1.29 is 23.1 Å². The Balaban J connectivity index is 2.01. The van der Waals surface area contributed by atoms with Crippen LogP contribution in [-0.2, 0) is 21.2 Å². The first kappa shape index (κ1) is 15.2. The number of tetrazole rings is 1. The van der Waals surface area contributed by atoms with E-state index in [0.29, 0.717) is 0 Å². The molecule has 0 bridgehead atoms. The van der Waals surface area contributed by atoms with E-state index in [1.54, 1.807) is 0 Å². The number of carboxylic acid groups (broad SMARTS) is 1. The minimum Gasteiger partial charge on any atom is -0.480 e. The van der Waals surface area contributed by atoms with Crippen molar-refractivity contribution in [3.8, 4) is 0 Å². The lowest BCUT2D eigenvalue weighted by Gasteiger charge is -2.26. The van der Waals surface area contributed by atoms with Crippen molar-refractivity contribution in [1.82, 2.24) is 30.8 Å². The van der Waals surface area contributed by atoms with Crippen molar-refractivity contribution in [1.29, 1.82) is 0 Å². The number of nitrogens with one attached hydrogen (secondary N) is 2. The Hall–Kier alpha value is -2.24. The van der Waals surface area contributed by atoms with Crippen molar-refractivity contribution >= 4 is 21.8 Å². The Morgan fingerprint density at radius 2 is 2.24 bits per heavy atom. The average molecular weight is 318 g/mol. The summed E-state index contributed by atoms with van der Waals surface area (Å²) in [4.78, 5) is 23.9. The van der Waals surface area contributed by atoms with Crippen molar-refractivity contribution in [3.63, 3.8) is 0 Å². The van der Waals surface area contributed by atoms with Crippen LogP contribution in [0.3, 0.4) is 0 Å². The van der Waals surface area contributed by atoms with E-state index in [4.69, 9.17) is 5.11 Å². The van der Waals surface area contributed by atoms with Crippen LogP contribution in [0.25, 0.3) is 0 Å². The van der Waals surface area contributed by atoms with Gasteiger partial charge in [0, 0.05) is 6.04 Å². The Kier molecular flexibility index (Phi) is 4.35. The highest BCUT2D eigenvalue weighted by Gasteiger charge is 2.35. The molecule has 1 aromatic heterocycles. The second kappa shape index (κ2) is 6.03. The molecular weight excluding hydrogens is 304 g/mol. The lowest BCUT2D eigenvalue weighted by atomic mass is 10.2. The fraction of sp³-hybridized carbons (Fsp3) is 0.667. The maximum atomic E-state index is 12.0. The van der Waals surface area contributed by atoms with E-state index in [9.17, 15) is 18.0 Å². The average Bonchev–Trinajstić information content (AvgIpc) is 3.02. The molecule has 1 aromatic rings. The Labute approximate surface area is 119 Å². The van der Waals surface area contributed by atoms with Crippen LogP contribution in [0.15, 0.2) is 0 Å². The van der Waals surface area contributed by atoms with Gasteiger partial charge in [-0.1, -0.05) is 5.21 Å². The molecule has 2 amide bonds. The van der Waals surface area contributed by atoms with Gasteiger partial charge in [0.2, 0.25) is 0 Å². The number of nitrogens with zero attached hydrogens (tertiary/aromatic N) is 4. The van der Waals surface area contributed by atoms with Gasteiger partial charge in [0.15, 0.2) is 15.7 Å². The van der Waals surface area contributed by atoms with Gasteiger partial charge in [-0.25, -0.2) is 13.2 Å². The molecule has 1 unspecified atom stereocenters. The van der Waals surface area contributed by atoms with E-state index < -0.39 is 34.4 Å². The van der Waals surface area contributed by atoms with E-state index in [-0.39, 0.29) is 30.3 Å². The molecule has 11 nitrogen and oxygen atoms in total. The first-order chi connectivity index (χ1) is 9.87. The molecule has 2 heterocycles. The highest BCUT2D eigenvalue weighted by atomic mass is 32.2. The zero-order valence-electron chi connectivity index (χ0n) is 10.9. The molecule has 0 spiro atoms. The number of carbonyl (C=O) groups is 2. The normalized spacial score (nSPS) is 20.1. The minimum atomic E-state index is -3.22. The molecule has 1 aliphatic heterocycles. The van der Waals surface area contributed by atoms with Crippen LogP contribution < -0.4 is 5.32 Å². The number of aromatic amines is 1. The zero-order valence-corrected chi connectivity index (χ0v) is 11.7.